The lowest BCUT2D eigenvalue weighted by atomic mass is 9.84. The Labute approximate surface area is 204 Å². The number of rotatable bonds is 7. The number of nitrogens with one attached hydrogen (secondary N) is 2. The van der Waals surface area contributed by atoms with Crippen LogP contribution in [0, 0.1) is 0 Å². The number of hydrogen-bond acceptors (Lipinski definition) is 4. The van der Waals surface area contributed by atoms with Crippen LogP contribution in [0.5, 0.6) is 0 Å². The molecule has 170 valence electrons. The van der Waals surface area contributed by atoms with Crippen LogP contribution in [0.15, 0.2) is 40.2 Å². The maximum Gasteiger partial charge on any atom is 0.191 e. The molecular weight excluding hydrogens is 505 g/mol. The average molecular weight is 546 g/mol. The second-order valence-corrected chi connectivity index (χ2v) is 10.1. The summed E-state index contributed by atoms with van der Waals surface area (Å²) in [6, 6.07) is 10.6. The van der Waals surface area contributed by atoms with Crippen molar-refractivity contribution in [3.05, 3.63) is 30.3 Å². The Morgan fingerprint density at radius 1 is 1.07 bits per heavy atom. The van der Waals surface area contributed by atoms with Crippen molar-refractivity contribution < 1.29 is 0 Å². The summed E-state index contributed by atoms with van der Waals surface area (Å²) in [6.07, 6.45) is 6.57. The second kappa shape index (κ2) is 13.1. The molecule has 5 nitrogen and oxygen atoms in total. The zero-order valence-electron chi connectivity index (χ0n) is 18.9. The van der Waals surface area contributed by atoms with Crippen molar-refractivity contribution in [2.45, 2.75) is 54.7 Å². The molecule has 0 spiro atoms. The van der Waals surface area contributed by atoms with Gasteiger partial charge in [-0.3, -0.25) is 9.89 Å². The summed E-state index contributed by atoms with van der Waals surface area (Å²) in [6.45, 7) is 9.04. The molecule has 0 radical (unpaired) electrons. The van der Waals surface area contributed by atoms with Gasteiger partial charge in [-0.15, -0.1) is 35.7 Å². The van der Waals surface area contributed by atoms with Crippen LogP contribution in [0.4, 0.5) is 0 Å². The molecule has 30 heavy (non-hydrogen) atoms. The number of guanidine groups is 1. The Bertz CT molecular complexity index is 628. The summed E-state index contributed by atoms with van der Waals surface area (Å²) >= 11 is 1.91. The molecule has 1 unspecified atom stereocenters. The Kier molecular flexibility index (Phi) is 11.3. The number of halogens is 1. The van der Waals surface area contributed by atoms with E-state index in [1.165, 1.54) is 63.2 Å². The van der Waals surface area contributed by atoms with Gasteiger partial charge >= 0.3 is 0 Å². The first-order chi connectivity index (χ1) is 14.1. The van der Waals surface area contributed by atoms with E-state index in [0.717, 1.165) is 19.0 Å². The SMILES string of the molecule is CN=C(NCC(C)Sc1ccccc1)NCC1(N2CCCCC2)CCN(C)CC1.I. The first-order valence-corrected chi connectivity index (χ1v) is 12.1. The van der Waals surface area contributed by atoms with Crippen LogP contribution in [0.2, 0.25) is 0 Å². The van der Waals surface area contributed by atoms with Crippen molar-refractivity contribution >= 4 is 41.7 Å². The molecule has 0 aromatic heterocycles. The van der Waals surface area contributed by atoms with Gasteiger partial charge in [-0.25, -0.2) is 0 Å². The van der Waals surface area contributed by atoms with Gasteiger partial charge in [-0.05, 0) is 71.0 Å². The van der Waals surface area contributed by atoms with Crippen LogP contribution in [0.25, 0.3) is 0 Å². The Hall–Kier alpha value is -0.510. The normalized spacial score (nSPS) is 21.5. The van der Waals surface area contributed by atoms with Gasteiger partial charge in [-0.1, -0.05) is 31.5 Å². The van der Waals surface area contributed by atoms with E-state index in [9.17, 15) is 0 Å². The Morgan fingerprint density at radius 2 is 1.73 bits per heavy atom. The fourth-order valence-electron chi connectivity index (χ4n) is 4.49. The molecule has 3 rings (SSSR count). The minimum Gasteiger partial charge on any atom is -0.355 e. The summed E-state index contributed by atoms with van der Waals surface area (Å²) in [7, 11) is 4.13. The molecule has 2 saturated heterocycles. The van der Waals surface area contributed by atoms with E-state index in [4.69, 9.17) is 0 Å². The first-order valence-electron chi connectivity index (χ1n) is 11.2. The lowest BCUT2D eigenvalue weighted by Crippen LogP contribution is -2.62. The van der Waals surface area contributed by atoms with Gasteiger partial charge in [0.25, 0.3) is 0 Å². The van der Waals surface area contributed by atoms with E-state index in [1.807, 2.05) is 18.8 Å². The topological polar surface area (TPSA) is 42.9 Å². The maximum absolute atomic E-state index is 4.50. The summed E-state index contributed by atoms with van der Waals surface area (Å²) in [5, 5.41) is 7.71. The van der Waals surface area contributed by atoms with Gasteiger partial charge in [-0.2, -0.15) is 0 Å². The molecule has 7 heteroatoms. The fraction of sp³-hybridized carbons (Fsp3) is 0.696. The van der Waals surface area contributed by atoms with Crippen LogP contribution in [0.1, 0.15) is 39.0 Å². The van der Waals surface area contributed by atoms with Crippen LogP contribution in [-0.4, -0.2) is 79.9 Å². The predicted molar refractivity (Wildman–Crippen MR) is 141 cm³/mol. The molecule has 0 bridgehead atoms. The fourth-order valence-corrected chi connectivity index (χ4v) is 5.44. The van der Waals surface area contributed by atoms with Crippen molar-refractivity contribution in [1.29, 1.82) is 0 Å². The van der Waals surface area contributed by atoms with E-state index in [-0.39, 0.29) is 29.5 Å². The maximum atomic E-state index is 4.50. The van der Waals surface area contributed by atoms with Crippen molar-refractivity contribution in [1.82, 2.24) is 20.4 Å². The predicted octanol–water partition coefficient (Wildman–Crippen LogP) is 3.90. The molecule has 0 saturated carbocycles. The van der Waals surface area contributed by atoms with E-state index < -0.39 is 0 Å². The third-order valence-corrected chi connectivity index (χ3v) is 7.50. The molecule has 1 atom stereocenters. The molecular formula is C23H40IN5S. The van der Waals surface area contributed by atoms with Crippen molar-refractivity contribution in [3.63, 3.8) is 0 Å². The zero-order chi connectivity index (χ0) is 20.5. The van der Waals surface area contributed by atoms with E-state index in [1.54, 1.807) is 0 Å². The summed E-state index contributed by atoms with van der Waals surface area (Å²) < 4.78 is 0. The summed E-state index contributed by atoms with van der Waals surface area (Å²) in [4.78, 5) is 11.1. The van der Waals surface area contributed by atoms with Crippen molar-refractivity contribution in [2.24, 2.45) is 4.99 Å². The lowest BCUT2D eigenvalue weighted by Gasteiger charge is -2.50. The molecule has 0 aliphatic carbocycles. The quantitative estimate of drug-likeness (QED) is 0.236. The number of thioether (sulfide) groups is 1. The van der Waals surface area contributed by atoms with Crippen molar-refractivity contribution in [2.75, 3.05) is 53.4 Å². The minimum absolute atomic E-state index is 0. The van der Waals surface area contributed by atoms with Crippen LogP contribution >= 0.6 is 35.7 Å². The molecule has 2 aliphatic heterocycles. The number of likely N-dealkylation sites (tertiary alicyclic amines) is 2. The molecule has 1 aromatic rings. The monoisotopic (exact) mass is 545 g/mol. The molecule has 2 fully saturated rings. The van der Waals surface area contributed by atoms with E-state index >= 15 is 0 Å². The molecule has 2 N–H and O–H groups in total. The smallest absolute Gasteiger partial charge is 0.191 e. The van der Waals surface area contributed by atoms with Gasteiger partial charge < -0.3 is 15.5 Å². The highest BCUT2D eigenvalue weighted by molar-refractivity contribution is 14.0. The number of hydrogen-bond donors (Lipinski definition) is 2. The van der Waals surface area contributed by atoms with Gasteiger partial charge in [0.15, 0.2) is 5.96 Å². The lowest BCUT2D eigenvalue weighted by molar-refractivity contribution is 0.0173. The Balaban J connectivity index is 0.00000320. The van der Waals surface area contributed by atoms with Crippen LogP contribution in [-0.2, 0) is 0 Å². The van der Waals surface area contributed by atoms with Crippen molar-refractivity contribution in [3.8, 4) is 0 Å². The van der Waals surface area contributed by atoms with E-state index in [2.05, 4.69) is 69.7 Å². The third kappa shape index (κ3) is 7.57. The molecule has 0 amide bonds. The molecule has 2 aliphatic rings. The highest BCUT2D eigenvalue weighted by atomic mass is 127. The second-order valence-electron chi connectivity index (χ2n) is 8.62. The minimum atomic E-state index is 0. The van der Waals surface area contributed by atoms with Gasteiger partial charge in [0.1, 0.15) is 0 Å². The standard InChI is InChI=1S/C23H39N5S.HI/c1-20(29-21-10-6-4-7-11-21)18-25-22(24-2)26-19-23(12-16-27(3)17-13-23)28-14-8-5-9-15-28;/h4,6-7,10-11,20H,5,8-9,12-19H2,1-3H3,(H2,24,25,26);1H. The highest BCUT2D eigenvalue weighted by Gasteiger charge is 2.39. The molecule has 1 aromatic carbocycles. The number of nitrogens with zero attached hydrogens (tertiary/aromatic N) is 3. The zero-order valence-corrected chi connectivity index (χ0v) is 22.0. The van der Waals surface area contributed by atoms with Gasteiger partial charge in [0.2, 0.25) is 0 Å². The molecule has 2 heterocycles. The highest BCUT2D eigenvalue weighted by Crippen LogP contribution is 2.30. The Morgan fingerprint density at radius 3 is 2.37 bits per heavy atom. The summed E-state index contributed by atoms with van der Waals surface area (Å²) in [5.41, 5.74) is 0.273. The van der Waals surface area contributed by atoms with Gasteiger partial charge in [0, 0.05) is 35.8 Å². The number of aliphatic imine (C=N–C) groups is 1. The van der Waals surface area contributed by atoms with E-state index in [0.29, 0.717) is 5.25 Å². The number of benzene rings is 1. The van der Waals surface area contributed by atoms with Gasteiger partial charge in [0.05, 0.1) is 0 Å². The first kappa shape index (κ1) is 25.7. The summed E-state index contributed by atoms with van der Waals surface area (Å²) in [5.74, 6) is 0.931. The average Bonchev–Trinajstić information content (AvgIpc) is 2.76. The number of piperidine rings is 2. The van der Waals surface area contributed by atoms with Crippen LogP contribution in [0.3, 0.4) is 0 Å². The largest absolute Gasteiger partial charge is 0.355 e. The van der Waals surface area contributed by atoms with Crippen LogP contribution < -0.4 is 10.6 Å². The third-order valence-electron chi connectivity index (χ3n) is 6.39.